The van der Waals surface area contributed by atoms with Crippen LogP contribution < -0.4 is 0 Å². The molecule has 0 heterocycles. The van der Waals surface area contributed by atoms with Gasteiger partial charge in [0.25, 0.3) is 0 Å². The van der Waals surface area contributed by atoms with Crippen molar-refractivity contribution in [3.05, 3.63) is 12.2 Å². The van der Waals surface area contributed by atoms with Crippen molar-refractivity contribution in [2.75, 3.05) is 0 Å². The van der Waals surface area contributed by atoms with E-state index in [0.29, 0.717) is 5.92 Å². The predicted octanol–water partition coefficient (Wildman–Crippen LogP) is 3.43. The third kappa shape index (κ3) is 4.42. The standard InChI is InChI=1S/C12H24OSi/c1-14(2,3)10-6-8-11-7-4-5-9-12(11)13/h6,8,11-13H,4-5,7,9-10H2,1-3H3/b8-6+/t11-,12+/m0/s1. The maximum atomic E-state index is 9.76. The summed E-state index contributed by atoms with van der Waals surface area (Å²) in [7, 11) is -0.932. The summed E-state index contributed by atoms with van der Waals surface area (Å²) in [5.41, 5.74) is 0. The minimum absolute atomic E-state index is 0.0679. The highest BCUT2D eigenvalue weighted by Crippen LogP contribution is 2.25. The van der Waals surface area contributed by atoms with Crippen LogP contribution in [0.15, 0.2) is 12.2 Å². The van der Waals surface area contributed by atoms with Crippen LogP contribution in [0.25, 0.3) is 0 Å². The monoisotopic (exact) mass is 212 g/mol. The first-order valence-corrected chi connectivity index (χ1v) is 9.54. The van der Waals surface area contributed by atoms with Crippen molar-refractivity contribution in [1.29, 1.82) is 0 Å². The molecule has 0 radical (unpaired) electrons. The molecule has 0 spiro atoms. The quantitative estimate of drug-likeness (QED) is 0.561. The lowest BCUT2D eigenvalue weighted by Gasteiger charge is -2.25. The van der Waals surface area contributed by atoms with Crippen LogP contribution in [0.1, 0.15) is 25.7 Å². The molecule has 1 saturated carbocycles. The minimum Gasteiger partial charge on any atom is -0.393 e. The lowest BCUT2D eigenvalue weighted by atomic mass is 9.86. The van der Waals surface area contributed by atoms with Gasteiger partial charge in [0, 0.05) is 14.0 Å². The summed E-state index contributed by atoms with van der Waals surface area (Å²) in [5, 5.41) is 9.76. The van der Waals surface area contributed by atoms with E-state index >= 15 is 0 Å². The van der Waals surface area contributed by atoms with E-state index in [-0.39, 0.29) is 6.10 Å². The third-order valence-corrected chi connectivity index (χ3v) is 4.36. The molecule has 0 aromatic rings. The highest BCUT2D eigenvalue weighted by molar-refractivity contribution is 6.76. The lowest BCUT2D eigenvalue weighted by molar-refractivity contribution is 0.0927. The van der Waals surface area contributed by atoms with Crippen LogP contribution in [0.4, 0.5) is 0 Å². The topological polar surface area (TPSA) is 20.2 Å². The van der Waals surface area contributed by atoms with Gasteiger partial charge in [0.15, 0.2) is 0 Å². The van der Waals surface area contributed by atoms with E-state index in [1.54, 1.807) is 0 Å². The van der Waals surface area contributed by atoms with Gasteiger partial charge in [-0.1, -0.05) is 44.6 Å². The van der Waals surface area contributed by atoms with Crippen LogP contribution in [0.2, 0.25) is 25.7 Å². The van der Waals surface area contributed by atoms with Gasteiger partial charge in [-0.05, 0) is 18.9 Å². The maximum Gasteiger partial charge on any atom is 0.0602 e. The Balaban J connectivity index is 2.34. The molecule has 0 aromatic carbocycles. The molecule has 0 amide bonds. The van der Waals surface area contributed by atoms with E-state index in [0.717, 1.165) is 6.42 Å². The van der Waals surface area contributed by atoms with Gasteiger partial charge in [-0.25, -0.2) is 0 Å². The summed E-state index contributed by atoms with van der Waals surface area (Å²) in [6.07, 6.45) is 9.19. The molecule has 2 atom stereocenters. The second-order valence-electron chi connectivity index (χ2n) is 5.71. The highest BCUT2D eigenvalue weighted by Gasteiger charge is 2.20. The smallest absolute Gasteiger partial charge is 0.0602 e. The summed E-state index contributed by atoms with van der Waals surface area (Å²) >= 11 is 0. The first kappa shape index (κ1) is 12.0. The summed E-state index contributed by atoms with van der Waals surface area (Å²) in [6.45, 7) is 7.15. The first-order chi connectivity index (χ1) is 6.49. The van der Waals surface area contributed by atoms with E-state index in [4.69, 9.17) is 0 Å². The highest BCUT2D eigenvalue weighted by atomic mass is 28.3. The Morgan fingerprint density at radius 2 is 1.86 bits per heavy atom. The Labute approximate surface area is 89.2 Å². The zero-order chi connectivity index (χ0) is 10.6. The van der Waals surface area contributed by atoms with Crippen molar-refractivity contribution in [2.24, 2.45) is 5.92 Å². The molecule has 0 bridgehead atoms. The molecule has 1 nitrogen and oxygen atoms in total. The van der Waals surface area contributed by atoms with Crippen LogP contribution in [-0.2, 0) is 0 Å². The number of aliphatic hydroxyl groups excluding tert-OH is 1. The Hall–Kier alpha value is -0.0831. The van der Waals surface area contributed by atoms with Crippen LogP contribution >= 0.6 is 0 Å². The zero-order valence-electron chi connectivity index (χ0n) is 9.79. The molecular weight excluding hydrogens is 188 g/mol. The Kier molecular flexibility index (Phi) is 4.39. The third-order valence-electron chi connectivity index (χ3n) is 2.90. The van der Waals surface area contributed by atoms with Gasteiger partial charge in [0.2, 0.25) is 0 Å². The van der Waals surface area contributed by atoms with Crippen LogP contribution in [-0.4, -0.2) is 19.3 Å². The van der Waals surface area contributed by atoms with Crippen molar-refractivity contribution < 1.29 is 5.11 Å². The maximum absolute atomic E-state index is 9.76. The minimum atomic E-state index is -0.932. The van der Waals surface area contributed by atoms with Gasteiger partial charge < -0.3 is 5.11 Å². The van der Waals surface area contributed by atoms with Gasteiger partial charge in [-0.2, -0.15) is 0 Å². The molecule has 0 saturated heterocycles. The fourth-order valence-electron chi connectivity index (χ4n) is 1.96. The van der Waals surface area contributed by atoms with Crippen molar-refractivity contribution >= 4 is 8.07 Å². The van der Waals surface area contributed by atoms with Gasteiger partial charge in [0.1, 0.15) is 0 Å². The van der Waals surface area contributed by atoms with E-state index in [2.05, 4.69) is 31.8 Å². The number of allylic oxidation sites excluding steroid dienone is 1. The van der Waals surface area contributed by atoms with Crippen molar-refractivity contribution in [3.8, 4) is 0 Å². The molecule has 82 valence electrons. The molecule has 1 aliphatic rings. The van der Waals surface area contributed by atoms with E-state index in [9.17, 15) is 5.11 Å². The Morgan fingerprint density at radius 3 is 2.43 bits per heavy atom. The molecule has 1 rings (SSSR count). The molecule has 1 aliphatic carbocycles. The van der Waals surface area contributed by atoms with Crippen LogP contribution in [0, 0.1) is 5.92 Å². The summed E-state index contributed by atoms with van der Waals surface area (Å²) in [6, 6.07) is 1.25. The molecule has 14 heavy (non-hydrogen) atoms. The van der Waals surface area contributed by atoms with Gasteiger partial charge >= 0.3 is 0 Å². The first-order valence-electron chi connectivity index (χ1n) is 5.84. The SMILES string of the molecule is C[Si](C)(C)C/C=C/[C@@H]1CCCC[C@H]1O. The van der Waals surface area contributed by atoms with E-state index < -0.39 is 8.07 Å². The average Bonchev–Trinajstić information content (AvgIpc) is 2.06. The fourth-order valence-corrected chi connectivity index (χ4v) is 2.80. The number of rotatable bonds is 3. The van der Waals surface area contributed by atoms with E-state index in [1.165, 1.54) is 25.3 Å². The van der Waals surface area contributed by atoms with E-state index in [1.807, 2.05) is 0 Å². The predicted molar refractivity (Wildman–Crippen MR) is 65.3 cm³/mol. The number of hydrogen-bond acceptors (Lipinski definition) is 1. The zero-order valence-corrected chi connectivity index (χ0v) is 10.8. The van der Waals surface area contributed by atoms with Crippen molar-refractivity contribution in [3.63, 3.8) is 0 Å². The molecule has 1 fully saturated rings. The molecule has 0 aliphatic heterocycles. The average molecular weight is 212 g/mol. The molecular formula is C12H24OSi. The van der Waals surface area contributed by atoms with Crippen LogP contribution in [0.5, 0.6) is 0 Å². The second kappa shape index (κ2) is 5.13. The van der Waals surface area contributed by atoms with Crippen molar-refractivity contribution in [2.45, 2.75) is 57.5 Å². The fraction of sp³-hybridized carbons (Fsp3) is 0.833. The summed E-state index contributed by atoms with van der Waals surface area (Å²) in [4.78, 5) is 0. The Morgan fingerprint density at radius 1 is 1.21 bits per heavy atom. The molecule has 0 aromatic heterocycles. The largest absolute Gasteiger partial charge is 0.393 e. The van der Waals surface area contributed by atoms with Crippen LogP contribution in [0.3, 0.4) is 0 Å². The normalized spacial score (nSPS) is 29.7. The Bertz CT molecular complexity index is 193. The van der Waals surface area contributed by atoms with Crippen molar-refractivity contribution in [1.82, 2.24) is 0 Å². The lowest BCUT2D eigenvalue weighted by Crippen LogP contribution is -2.23. The molecule has 0 unspecified atom stereocenters. The molecule has 1 N–H and O–H groups in total. The van der Waals surface area contributed by atoms with Gasteiger partial charge in [0.05, 0.1) is 6.10 Å². The second-order valence-corrected chi connectivity index (χ2v) is 11.2. The molecule has 2 heteroatoms. The summed E-state index contributed by atoms with van der Waals surface area (Å²) < 4.78 is 0. The number of hydrogen-bond donors (Lipinski definition) is 1. The van der Waals surface area contributed by atoms with Gasteiger partial charge in [-0.3, -0.25) is 0 Å². The van der Waals surface area contributed by atoms with Gasteiger partial charge in [-0.15, -0.1) is 0 Å². The summed E-state index contributed by atoms with van der Waals surface area (Å²) in [5.74, 6) is 0.445. The number of aliphatic hydroxyl groups is 1.